The number of carbonyl (C=O) groups is 2. The standard InChI is InChI=1S/C12H12N2O4S/c1-12(2,3)10-9(19-14-13-10)8(15)6-4-5-7(18-6)11(16)17/h4-5H,1-3H3,(H,16,17). The van der Waals surface area contributed by atoms with Gasteiger partial charge in [0.15, 0.2) is 5.76 Å². The maximum Gasteiger partial charge on any atom is 0.371 e. The van der Waals surface area contributed by atoms with Gasteiger partial charge in [0, 0.05) is 5.41 Å². The van der Waals surface area contributed by atoms with Gasteiger partial charge >= 0.3 is 5.97 Å². The van der Waals surface area contributed by atoms with E-state index in [-0.39, 0.29) is 16.9 Å². The van der Waals surface area contributed by atoms with Crippen molar-refractivity contribution in [3.63, 3.8) is 0 Å². The van der Waals surface area contributed by atoms with Crippen molar-refractivity contribution in [2.24, 2.45) is 0 Å². The first-order chi connectivity index (χ1) is 8.80. The highest BCUT2D eigenvalue weighted by Gasteiger charge is 2.28. The van der Waals surface area contributed by atoms with Crippen LogP contribution in [0.1, 0.15) is 52.5 Å². The lowest BCUT2D eigenvalue weighted by Crippen LogP contribution is -2.16. The topological polar surface area (TPSA) is 93.3 Å². The minimum Gasteiger partial charge on any atom is -0.475 e. The number of hydrogen-bond acceptors (Lipinski definition) is 6. The largest absolute Gasteiger partial charge is 0.475 e. The van der Waals surface area contributed by atoms with Crippen LogP contribution in [0.3, 0.4) is 0 Å². The Labute approximate surface area is 113 Å². The van der Waals surface area contributed by atoms with Crippen LogP contribution in [0.15, 0.2) is 16.5 Å². The molecule has 2 aromatic heterocycles. The molecule has 19 heavy (non-hydrogen) atoms. The normalized spacial score (nSPS) is 11.5. The first-order valence-corrected chi connectivity index (χ1v) is 6.28. The maximum atomic E-state index is 12.3. The Kier molecular flexibility index (Phi) is 3.23. The summed E-state index contributed by atoms with van der Waals surface area (Å²) in [4.78, 5) is 23.4. The lowest BCUT2D eigenvalue weighted by Gasteiger charge is -2.15. The Bertz CT molecular complexity index is 636. The maximum absolute atomic E-state index is 12.3. The van der Waals surface area contributed by atoms with E-state index in [1.54, 1.807) is 0 Å². The summed E-state index contributed by atoms with van der Waals surface area (Å²) in [6, 6.07) is 2.60. The van der Waals surface area contributed by atoms with Gasteiger partial charge in [-0.25, -0.2) is 4.79 Å². The Hall–Kier alpha value is -2.02. The molecule has 0 spiro atoms. The molecule has 2 aromatic rings. The van der Waals surface area contributed by atoms with E-state index in [9.17, 15) is 9.59 Å². The first-order valence-electron chi connectivity index (χ1n) is 5.51. The number of carbonyl (C=O) groups excluding carboxylic acids is 1. The number of carboxylic acid groups (broad SMARTS) is 1. The van der Waals surface area contributed by atoms with E-state index in [4.69, 9.17) is 9.52 Å². The van der Waals surface area contributed by atoms with Gasteiger partial charge in [0.25, 0.3) is 0 Å². The highest BCUT2D eigenvalue weighted by molar-refractivity contribution is 7.08. The molecule has 0 unspecified atom stereocenters. The van der Waals surface area contributed by atoms with Crippen molar-refractivity contribution >= 4 is 23.3 Å². The fourth-order valence-corrected chi connectivity index (χ4v) is 2.34. The fourth-order valence-electron chi connectivity index (χ4n) is 1.52. The Morgan fingerprint density at radius 2 is 1.89 bits per heavy atom. The summed E-state index contributed by atoms with van der Waals surface area (Å²) in [6.45, 7) is 5.77. The van der Waals surface area contributed by atoms with E-state index in [1.165, 1.54) is 12.1 Å². The molecule has 100 valence electrons. The van der Waals surface area contributed by atoms with Gasteiger partial charge < -0.3 is 9.52 Å². The second-order valence-corrected chi connectivity index (χ2v) is 5.75. The summed E-state index contributed by atoms with van der Waals surface area (Å²) in [5, 5.41) is 12.7. The van der Waals surface area contributed by atoms with Gasteiger partial charge in [-0.3, -0.25) is 4.79 Å². The third-order valence-electron chi connectivity index (χ3n) is 2.45. The molecule has 0 aliphatic carbocycles. The first kappa shape index (κ1) is 13.4. The van der Waals surface area contributed by atoms with Gasteiger partial charge in [0.2, 0.25) is 11.5 Å². The minimum absolute atomic E-state index is 0.0195. The van der Waals surface area contributed by atoms with Gasteiger partial charge in [-0.05, 0) is 23.7 Å². The molecule has 0 bridgehead atoms. The van der Waals surface area contributed by atoms with Crippen molar-refractivity contribution < 1.29 is 19.1 Å². The van der Waals surface area contributed by atoms with Gasteiger partial charge in [0.1, 0.15) is 4.88 Å². The van der Waals surface area contributed by atoms with Gasteiger partial charge in [-0.1, -0.05) is 25.3 Å². The zero-order valence-electron chi connectivity index (χ0n) is 10.6. The highest BCUT2D eigenvalue weighted by Crippen LogP contribution is 2.28. The number of aromatic carboxylic acids is 1. The summed E-state index contributed by atoms with van der Waals surface area (Å²) < 4.78 is 8.79. The van der Waals surface area contributed by atoms with Crippen molar-refractivity contribution in [1.29, 1.82) is 0 Å². The molecular weight excluding hydrogens is 268 g/mol. The molecule has 2 heterocycles. The quantitative estimate of drug-likeness (QED) is 0.867. The molecule has 0 radical (unpaired) electrons. The number of carboxylic acids is 1. The molecule has 2 rings (SSSR count). The van der Waals surface area contributed by atoms with Crippen molar-refractivity contribution in [3.8, 4) is 0 Å². The third kappa shape index (κ3) is 2.55. The highest BCUT2D eigenvalue weighted by atomic mass is 32.1. The van der Waals surface area contributed by atoms with E-state index >= 15 is 0 Å². The van der Waals surface area contributed by atoms with Crippen molar-refractivity contribution in [1.82, 2.24) is 9.59 Å². The monoisotopic (exact) mass is 280 g/mol. The smallest absolute Gasteiger partial charge is 0.371 e. The average molecular weight is 280 g/mol. The fraction of sp³-hybridized carbons (Fsp3) is 0.333. The number of hydrogen-bond donors (Lipinski definition) is 1. The van der Waals surface area contributed by atoms with E-state index in [0.29, 0.717) is 10.6 Å². The number of rotatable bonds is 3. The summed E-state index contributed by atoms with van der Waals surface area (Å²) in [6.07, 6.45) is 0. The Balaban J connectivity index is 2.39. The van der Waals surface area contributed by atoms with Crippen LogP contribution in [0.4, 0.5) is 0 Å². The second kappa shape index (κ2) is 4.58. The van der Waals surface area contributed by atoms with E-state index in [1.807, 2.05) is 20.8 Å². The average Bonchev–Trinajstić information content (AvgIpc) is 2.96. The van der Waals surface area contributed by atoms with Crippen LogP contribution in [0.25, 0.3) is 0 Å². The van der Waals surface area contributed by atoms with Gasteiger partial charge in [-0.2, -0.15) is 0 Å². The zero-order chi connectivity index (χ0) is 14.2. The molecule has 0 aliphatic rings. The van der Waals surface area contributed by atoms with Crippen LogP contribution >= 0.6 is 11.5 Å². The summed E-state index contributed by atoms with van der Waals surface area (Å²) in [5.41, 5.74) is 0.260. The Morgan fingerprint density at radius 1 is 1.26 bits per heavy atom. The summed E-state index contributed by atoms with van der Waals surface area (Å²) in [7, 11) is 0. The lowest BCUT2D eigenvalue weighted by atomic mass is 9.90. The number of aromatic nitrogens is 2. The molecule has 0 saturated heterocycles. The van der Waals surface area contributed by atoms with Crippen LogP contribution < -0.4 is 0 Å². The van der Waals surface area contributed by atoms with Crippen molar-refractivity contribution in [2.45, 2.75) is 26.2 Å². The summed E-state index contributed by atoms with van der Waals surface area (Å²) >= 11 is 0.979. The van der Waals surface area contributed by atoms with Gasteiger partial charge in [-0.15, -0.1) is 5.10 Å². The van der Waals surface area contributed by atoms with Crippen LogP contribution in [-0.4, -0.2) is 26.4 Å². The molecule has 0 atom stereocenters. The van der Waals surface area contributed by atoms with Crippen LogP contribution in [0.5, 0.6) is 0 Å². The van der Waals surface area contributed by atoms with Crippen LogP contribution in [-0.2, 0) is 5.41 Å². The van der Waals surface area contributed by atoms with Gasteiger partial charge in [0.05, 0.1) is 5.69 Å². The molecule has 0 aliphatic heterocycles. The van der Waals surface area contributed by atoms with E-state index in [0.717, 1.165) is 11.5 Å². The predicted octanol–water partition coefficient (Wildman–Crippen LogP) is 2.36. The van der Waals surface area contributed by atoms with Crippen molar-refractivity contribution in [3.05, 3.63) is 34.2 Å². The zero-order valence-corrected chi connectivity index (χ0v) is 11.4. The second-order valence-electron chi connectivity index (χ2n) is 5.00. The number of ketones is 1. The predicted molar refractivity (Wildman–Crippen MR) is 67.7 cm³/mol. The van der Waals surface area contributed by atoms with E-state index in [2.05, 4.69) is 9.59 Å². The Morgan fingerprint density at radius 3 is 2.42 bits per heavy atom. The third-order valence-corrected chi connectivity index (χ3v) is 3.17. The molecule has 0 aromatic carbocycles. The molecule has 7 heteroatoms. The van der Waals surface area contributed by atoms with Crippen molar-refractivity contribution in [2.75, 3.05) is 0 Å². The van der Waals surface area contributed by atoms with Crippen LogP contribution in [0.2, 0.25) is 0 Å². The molecule has 0 amide bonds. The van der Waals surface area contributed by atoms with Crippen LogP contribution in [0, 0.1) is 0 Å². The molecule has 0 fully saturated rings. The molecule has 1 N–H and O–H groups in total. The number of furan rings is 1. The van der Waals surface area contributed by atoms with E-state index < -0.39 is 11.8 Å². The summed E-state index contributed by atoms with van der Waals surface area (Å²) in [5.74, 6) is -1.89. The SMILES string of the molecule is CC(C)(C)c1nnsc1C(=O)c1ccc(C(=O)O)o1. The lowest BCUT2D eigenvalue weighted by molar-refractivity contribution is 0.0660. The number of nitrogens with zero attached hydrogens (tertiary/aromatic N) is 2. The molecular formula is C12H12N2O4S. The molecule has 0 saturated carbocycles. The minimum atomic E-state index is -1.21. The molecule has 6 nitrogen and oxygen atoms in total.